The van der Waals surface area contributed by atoms with Gasteiger partial charge in [-0.25, -0.2) is 9.97 Å². The Morgan fingerprint density at radius 1 is 1.12 bits per heavy atom. The van der Waals surface area contributed by atoms with E-state index in [9.17, 15) is 10.1 Å². The van der Waals surface area contributed by atoms with E-state index in [0.29, 0.717) is 41.7 Å². The standard InChI is InChI=1S/C17H16ClN5O/c18-14-5-2-1-4-13(14)17(24)23-9-3-8-22(10-11-23)16-15(12-19)20-6-7-21-16/h1-2,4-7H,3,8-11H2. The maximum atomic E-state index is 12.7. The van der Waals surface area contributed by atoms with Crippen LogP contribution in [0.2, 0.25) is 5.02 Å². The fourth-order valence-corrected chi connectivity index (χ4v) is 2.99. The van der Waals surface area contributed by atoms with Gasteiger partial charge in [-0.05, 0) is 18.6 Å². The summed E-state index contributed by atoms with van der Waals surface area (Å²) in [5.74, 6) is 0.508. The van der Waals surface area contributed by atoms with Crippen LogP contribution in [0.4, 0.5) is 5.82 Å². The van der Waals surface area contributed by atoms with Gasteiger partial charge in [0.05, 0.1) is 10.6 Å². The van der Waals surface area contributed by atoms with Gasteiger partial charge in [-0.3, -0.25) is 4.79 Å². The highest BCUT2D eigenvalue weighted by Gasteiger charge is 2.23. The Kier molecular flexibility index (Phi) is 4.92. The summed E-state index contributed by atoms with van der Waals surface area (Å²) in [6.45, 7) is 2.51. The van der Waals surface area contributed by atoms with Crippen LogP contribution >= 0.6 is 11.6 Å². The van der Waals surface area contributed by atoms with Gasteiger partial charge >= 0.3 is 0 Å². The van der Waals surface area contributed by atoms with E-state index >= 15 is 0 Å². The second-order valence-corrected chi connectivity index (χ2v) is 5.86. The smallest absolute Gasteiger partial charge is 0.255 e. The van der Waals surface area contributed by atoms with E-state index in [1.807, 2.05) is 11.0 Å². The number of hydrogen-bond acceptors (Lipinski definition) is 5. The number of amides is 1. The molecule has 0 spiro atoms. The van der Waals surface area contributed by atoms with E-state index in [1.54, 1.807) is 29.3 Å². The van der Waals surface area contributed by atoms with Crippen molar-refractivity contribution < 1.29 is 4.79 Å². The van der Waals surface area contributed by atoms with Gasteiger partial charge in [-0.1, -0.05) is 23.7 Å². The van der Waals surface area contributed by atoms with Gasteiger partial charge in [-0.2, -0.15) is 5.26 Å². The van der Waals surface area contributed by atoms with E-state index in [4.69, 9.17) is 11.6 Å². The fraction of sp³-hybridized carbons (Fsp3) is 0.294. The van der Waals surface area contributed by atoms with Crippen molar-refractivity contribution in [3.63, 3.8) is 0 Å². The maximum absolute atomic E-state index is 12.7. The molecule has 1 saturated heterocycles. The zero-order valence-electron chi connectivity index (χ0n) is 13.0. The molecule has 1 aliphatic rings. The monoisotopic (exact) mass is 341 g/mol. The molecule has 2 heterocycles. The van der Waals surface area contributed by atoms with Crippen LogP contribution in [0.1, 0.15) is 22.5 Å². The number of carbonyl (C=O) groups excluding carboxylic acids is 1. The zero-order chi connectivity index (χ0) is 16.9. The van der Waals surface area contributed by atoms with Crippen molar-refractivity contribution >= 4 is 23.3 Å². The summed E-state index contributed by atoms with van der Waals surface area (Å²) in [5, 5.41) is 9.64. The first-order valence-corrected chi connectivity index (χ1v) is 8.08. The molecular weight excluding hydrogens is 326 g/mol. The van der Waals surface area contributed by atoms with Crippen LogP contribution in [0.5, 0.6) is 0 Å². The molecule has 0 aliphatic carbocycles. The number of aromatic nitrogens is 2. The molecule has 0 saturated carbocycles. The first-order valence-electron chi connectivity index (χ1n) is 7.70. The minimum absolute atomic E-state index is 0.0675. The molecule has 1 aliphatic heterocycles. The number of rotatable bonds is 2. The first kappa shape index (κ1) is 16.2. The fourth-order valence-electron chi connectivity index (χ4n) is 2.78. The Morgan fingerprint density at radius 2 is 1.92 bits per heavy atom. The number of hydrogen-bond donors (Lipinski definition) is 0. The highest BCUT2D eigenvalue weighted by Crippen LogP contribution is 2.20. The van der Waals surface area contributed by atoms with Crippen LogP contribution in [0.25, 0.3) is 0 Å². The summed E-state index contributed by atoms with van der Waals surface area (Å²) < 4.78 is 0. The lowest BCUT2D eigenvalue weighted by atomic mass is 10.2. The highest BCUT2D eigenvalue weighted by atomic mass is 35.5. The van der Waals surface area contributed by atoms with Crippen LogP contribution in [-0.4, -0.2) is 47.0 Å². The molecule has 0 unspecified atom stereocenters. The highest BCUT2D eigenvalue weighted by molar-refractivity contribution is 6.33. The van der Waals surface area contributed by atoms with Gasteiger partial charge in [0.15, 0.2) is 11.5 Å². The largest absolute Gasteiger partial charge is 0.352 e. The zero-order valence-corrected chi connectivity index (χ0v) is 13.8. The summed E-state index contributed by atoms with van der Waals surface area (Å²) in [5.41, 5.74) is 0.827. The third-order valence-electron chi connectivity index (χ3n) is 3.97. The van der Waals surface area contributed by atoms with E-state index in [1.165, 1.54) is 6.20 Å². The molecule has 7 heteroatoms. The topological polar surface area (TPSA) is 73.1 Å². The molecule has 1 aromatic heterocycles. The van der Waals surface area contributed by atoms with Crippen molar-refractivity contribution in [2.24, 2.45) is 0 Å². The first-order chi connectivity index (χ1) is 11.7. The lowest BCUT2D eigenvalue weighted by molar-refractivity contribution is 0.0767. The normalized spacial score (nSPS) is 14.8. The summed E-state index contributed by atoms with van der Waals surface area (Å²) in [7, 11) is 0. The van der Waals surface area contributed by atoms with E-state index in [0.717, 1.165) is 13.0 Å². The third-order valence-corrected chi connectivity index (χ3v) is 4.30. The molecule has 122 valence electrons. The van der Waals surface area contributed by atoms with Crippen LogP contribution < -0.4 is 4.90 Å². The lowest BCUT2D eigenvalue weighted by Gasteiger charge is -2.23. The molecule has 1 aromatic carbocycles. The average molecular weight is 342 g/mol. The van der Waals surface area contributed by atoms with Crippen LogP contribution in [0.3, 0.4) is 0 Å². The molecular formula is C17H16ClN5O. The molecule has 0 atom stereocenters. The molecule has 6 nitrogen and oxygen atoms in total. The molecule has 1 amide bonds. The van der Waals surface area contributed by atoms with Gasteiger partial charge in [0, 0.05) is 38.6 Å². The van der Waals surface area contributed by atoms with Crippen molar-refractivity contribution in [2.45, 2.75) is 6.42 Å². The average Bonchev–Trinajstić information content (AvgIpc) is 2.87. The van der Waals surface area contributed by atoms with Crippen molar-refractivity contribution in [1.82, 2.24) is 14.9 Å². The number of anilines is 1. The summed E-state index contributed by atoms with van der Waals surface area (Å²) >= 11 is 6.13. The molecule has 3 rings (SSSR count). The molecule has 1 fully saturated rings. The third kappa shape index (κ3) is 3.31. The van der Waals surface area contributed by atoms with Gasteiger partial charge in [0.25, 0.3) is 5.91 Å². The van der Waals surface area contributed by atoms with Crippen LogP contribution in [0, 0.1) is 11.3 Å². The van der Waals surface area contributed by atoms with Crippen molar-refractivity contribution in [1.29, 1.82) is 5.26 Å². The van der Waals surface area contributed by atoms with Crippen molar-refractivity contribution in [3.8, 4) is 6.07 Å². The van der Waals surface area contributed by atoms with Gasteiger partial charge < -0.3 is 9.80 Å². The van der Waals surface area contributed by atoms with Gasteiger partial charge in [-0.15, -0.1) is 0 Å². The maximum Gasteiger partial charge on any atom is 0.255 e. The van der Waals surface area contributed by atoms with E-state index in [2.05, 4.69) is 16.0 Å². The number of benzene rings is 1. The number of halogens is 1. The van der Waals surface area contributed by atoms with Gasteiger partial charge in [0.2, 0.25) is 0 Å². The summed E-state index contributed by atoms with van der Waals surface area (Å²) in [6, 6.07) is 9.14. The van der Waals surface area contributed by atoms with Gasteiger partial charge in [0.1, 0.15) is 6.07 Å². The molecule has 24 heavy (non-hydrogen) atoms. The number of nitrogens with zero attached hydrogens (tertiary/aromatic N) is 5. The Bertz CT molecular complexity index is 789. The van der Waals surface area contributed by atoms with E-state index < -0.39 is 0 Å². The van der Waals surface area contributed by atoms with Crippen LogP contribution in [-0.2, 0) is 0 Å². The second kappa shape index (κ2) is 7.28. The van der Waals surface area contributed by atoms with Crippen LogP contribution in [0.15, 0.2) is 36.7 Å². The molecule has 0 bridgehead atoms. The lowest BCUT2D eigenvalue weighted by Crippen LogP contribution is -2.35. The second-order valence-electron chi connectivity index (χ2n) is 5.45. The predicted molar refractivity (Wildman–Crippen MR) is 90.9 cm³/mol. The SMILES string of the molecule is N#Cc1nccnc1N1CCCN(C(=O)c2ccccc2Cl)CC1. The Hall–Kier alpha value is -2.65. The molecule has 0 N–H and O–H groups in total. The summed E-state index contributed by atoms with van der Waals surface area (Å²) in [4.78, 5) is 24.8. The van der Waals surface area contributed by atoms with Crippen molar-refractivity contribution in [3.05, 3.63) is 52.9 Å². The Morgan fingerprint density at radius 3 is 2.71 bits per heavy atom. The molecule has 2 aromatic rings. The number of carbonyl (C=O) groups is 1. The Labute approximate surface area is 145 Å². The number of nitriles is 1. The predicted octanol–water partition coefficient (Wildman–Crippen LogP) is 2.35. The molecule has 0 radical (unpaired) electrons. The van der Waals surface area contributed by atoms with E-state index in [-0.39, 0.29) is 5.91 Å². The quantitative estimate of drug-likeness (QED) is 0.838. The Balaban J connectivity index is 1.75. The van der Waals surface area contributed by atoms with Crippen molar-refractivity contribution in [2.75, 3.05) is 31.1 Å². The minimum Gasteiger partial charge on any atom is -0.352 e. The minimum atomic E-state index is -0.0675. The summed E-state index contributed by atoms with van der Waals surface area (Å²) in [6.07, 6.45) is 3.87.